The van der Waals surface area contributed by atoms with Crippen LogP contribution in [0.5, 0.6) is 5.75 Å². The highest BCUT2D eigenvalue weighted by Gasteiger charge is 2.25. The van der Waals surface area contributed by atoms with Crippen molar-refractivity contribution < 1.29 is 4.74 Å². The lowest BCUT2D eigenvalue weighted by Gasteiger charge is -2.31. The third-order valence-corrected chi connectivity index (χ3v) is 3.61. The first-order valence-electron chi connectivity index (χ1n) is 7.13. The first kappa shape index (κ1) is 14.0. The van der Waals surface area contributed by atoms with Crippen LogP contribution in [0, 0.1) is 23.7 Å². The van der Waals surface area contributed by atoms with Crippen molar-refractivity contribution in [1.82, 2.24) is 0 Å². The summed E-state index contributed by atoms with van der Waals surface area (Å²) in [4.78, 5) is 0. The third-order valence-electron chi connectivity index (χ3n) is 3.61. The van der Waals surface area contributed by atoms with E-state index in [1.165, 1.54) is 6.42 Å². The quantitative estimate of drug-likeness (QED) is 0.826. The van der Waals surface area contributed by atoms with Crippen LogP contribution in [0.1, 0.15) is 38.7 Å². The van der Waals surface area contributed by atoms with Crippen LogP contribution in [-0.2, 0) is 0 Å². The van der Waals surface area contributed by atoms with E-state index in [0.29, 0.717) is 12.6 Å². The Kier molecular flexibility index (Phi) is 4.87. The van der Waals surface area contributed by atoms with Gasteiger partial charge in [-0.3, -0.25) is 0 Å². The first-order chi connectivity index (χ1) is 9.17. The van der Waals surface area contributed by atoms with E-state index < -0.39 is 0 Å². The van der Waals surface area contributed by atoms with Gasteiger partial charge in [0.2, 0.25) is 0 Å². The topological polar surface area (TPSA) is 35.2 Å². The molecule has 0 aromatic heterocycles. The van der Waals surface area contributed by atoms with Crippen LogP contribution in [-0.4, -0.2) is 12.6 Å². The highest BCUT2D eigenvalue weighted by molar-refractivity contribution is 5.40. The molecule has 102 valence electrons. The Morgan fingerprint density at radius 3 is 2.63 bits per heavy atom. The Bertz CT molecular complexity index is 462. The van der Waals surface area contributed by atoms with Gasteiger partial charge in [0.25, 0.3) is 0 Å². The van der Waals surface area contributed by atoms with E-state index in [1.807, 2.05) is 24.3 Å². The Hall–Kier alpha value is -1.46. The molecule has 0 bridgehead atoms. The maximum absolute atomic E-state index is 6.12. The van der Waals surface area contributed by atoms with Crippen LogP contribution >= 0.6 is 0 Å². The van der Waals surface area contributed by atoms with Crippen LogP contribution < -0.4 is 10.5 Å². The molecule has 1 aliphatic rings. The molecule has 0 saturated heterocycles. The predicted molar refractivity (Wildman–Crippen MR) is 79.0 cm³/mol. The lowest BCUT2D eigenvalue weighted by Crippen LogP contribution is -2.28. The van der Waals surface area contributed by atoms with E-state index >= 15 is 0 Å². The van der Waals surface area contributed by atoms with Crippen LogP contribution in [0.15, 0.2) is 24.3 Å². The fraction of sp³-hybridized carbons (Fsp3) is 0.529. The van der Waals surface area contributed by atoms with Crippen molar-refractivity contribution in [2.45, 2.75) is 39.2 Å². The molecule has 1 saturated carbocycles. The normalized spacial score (nSPS) is 26.4. The summed E-state index contributed by atoms with van der Waals surface area (Å²) in [6.45, 7) is 5.02. The average molecular weight is 257 g/mol. The zero-order chi connectivity index (χ0) is 13.7. The molecule has 2 atom stereocenters. The molecular formula is C17H23NO. The van der Waals surface area contributed by atoms with Gasteiger partial charge >= 0.3 is 0 Å². The van der Waals surface area contributed by atoms with Crippen molar-refractivity contribution in [3.63, 3.8) is 0 Å². The number of benzene rings is 1. The summed E-state index contributed by atoms with van der Waals surface area (Å²) in [5.41, 5.74) is 6.36. The molecule has 19 heavy (non-hydrogen) atoms. The summed E-state index contributed by atoms with van der Waals surface area (Å²) in [5.74, 6) is 8.36. The largest absolute Gasteiger partial charge is 0.490 e. The van der Waals surface area contributed by atoms with Gasteiger partial charge in [-0.15, -0.1) is 0 Å². The number of ether oxygens (including phenoxy) is 1. The molecule has 2 heteroatoms. The van der Waals surface area contributed by atoms with Crippen molar-refractivity contribution in [3.05, 3.63) is 29.8 Å². The molecule has 2 unspecified atom stereocenters. The highest BCUT2D eigenvalue weighted by atomic mass is 16.5. The van der Waals surface area contributed by atoms with Crippen LogP contribution in [0.25, 0.3) is 0 Å². The second-order valence-electron chi connectivity index (χ2n) is 5.69. The SMILES string of the molecule is CC1CC(C)CC(Oc2cccc(C#CCN)c2)C1. The Labute approximate surface area is 116 Å². The van der Waals surface area contributed by atoms with Gasteiger partial charge in [-0.1, -0.05) is 31.8 Å². The number of nitrogens with two attached hydrogens (primary N) is 1. The Morgan fingerprint density at radius 1 is 1.21 bits per heavy atom. The van der Waals surface area contributed by atoms with Crippen molar-refractivity contribution in [2.24, 2.45) is 17.6 Å². The van der Waals surface area contributed by atoms with Gasteiger partial charge in [0, 0.05) is 5.56 Å². The fourth-order valence-electron chi connectivity index (χ4n) is 2.96. The molecule has 1 aromatic rings. The van der Waals surface area contributed by atoms with E-state index in [-0.39, 0.29) is 0 Å². The second kappa shape index (κ2) is 6.63. The summed E-state index contributed by atoms with van der Waals surface area (Å²) in [6.07, 6.45) is 3.98. The van der Waals surface area contributed by atoms with Gasteiger partial charge in [-0.05, 0) is 49.3 Å². The lowest BCUT2D eigenvalue weighted by molar-refractivity contribution is 0.101. The second-order valence-corrected chi connectivity index (χ2v) is 5.69. The summed E-state index contributed by atoms with van der Waals surface area (Å²) < 4.78 is 6.12. The summed E-state index contributed by atoms with van der Waals surface area (Å²) >= 11 is 0. The minimum absolute atomic E-state index is 0.344. The zero-order valence-electron chi connectivity index (χ0n) is 11.9. The maximum atomic E-state index is 6.12. The van der Waals surface area contributed by atoms with E-state index in [4.69, 9.17) is 10.5 Å². The molecule has 1 aromatic carbocycles. The number of hydrogen-bond donors (Lipinski definition) is 1. The highest BCUT2D eigenvalue weighted by Crippen LogP contribution is 2.31. The van der Waals surface area contributed by atoms with Crippen molar-refractivity contribution >= 4 is 0 Å². The molecule has 0 amide bonds. The molecule has 1 fully saturated rings. The van der Waals surface area contributed by atoms with Crippen molar-refractivity contribution in [3.8, 4) is 17.6 Å². The van der Waals surface area contributed by atoms with E-state index in [2.05, 4.69) is 25.7 Å². The molecule has 0 aliphatic heterocycles. The van der Waals surface area contributed by atoms with E-state index in [1.54, 1.807) is 0 Å². The molecule has 2 rings (SSSR count). The standard InChI is InChI=1S/C17H23NO/c1-13-9-14(2)11-17(10-13)19-16-7-3-5-15(12-16)6-4-8-18/h3,5,7,12-14,17H,8-11,18H2,1-2H3. The van der Waals surface area contributed by atoms with Gasteiger partial charge in [0.05, 0.1) is 12.6 Å². The number of rotatable bonds is 2. The molecule has 2 nitrogen and oxygen atoms in total. The van der Waals surface area contributed by atoms with Gasteiger partial charge in [-0.25, -0.2) is 0 Å². The monoisotopic (exact) mass is 257 g/mol. The Balaban J connectivity index is 2.02. The fourth-order valence-corrected chi connectivity index (χ4v) is 2.96. The van der Waals surface area contributed by atoms with Crippen molar-refractivity contribution in [2.75, 3.05) is 6.54 Å². The van der Waals surface area contributed by atoms with Crippen LogP contribution in [0.2, 0.25) is 0 Å². The van der Waals surface area contributed by atoms with Gasteiger partial charge in [-0.2, -0.15) is 0 Å². The van der Waals surface area contributed by atoms with Crippen LogP contribution in [0.4, 0.5) is 0 Å². The minimum atomic E-state index is 0.344. The van der Waals surface area contributed by atoms with Gasteiger partial charge in [0.15, 0.2) is 0 Å². The maximum Gasteiger partial charge on any atom is 0.120 e. The van der Waals surface area contributed by atoms with Crippen molar-refractivity contribution in [1.29, 1.82) is 0 Å². The third kappa shape index (κ3) is 4.29. The molecule has 0 spiro atoms. The van der Waals surface area contributed by atoms with Crippen LogP contribution in [0.3, 0.4) is 0 Å². The van der Waals surface area contributed by atoms with Gasteiger partial charge in [0.1, 0.15) is 5.75 Å². The average Bonchev–Trinajstić information content (AvgIpc) is 2.35. The molecule has 1 aliphatic carbocycles. The molecule has 2 N–H and O–H groups in total. The van der Waals surface area contributed by atoms with Gasteiger partial charge < -0.3 is 10.5 Å². The Morgan fingerprint density at radius 2 is 1.95 bits per heavy atom. The molecule has 0 heterocycles. The van der Waals surface area contributed by atoms with E-state index in [9.17, 15) is 0 Å². The molecule has 0 radical (unpaired) electrons. The smallest absolute Gasteiger partial charge is 0.120 e. The molecular weight excluding hydrogens is 234 g/mol. The lowest BCUT2D eigenvalue weighted by atomic mass is 9.82. The zero-order valence-corrected chi connectivity index (χ0v) is 11.9. The predicted octanol–water partition coefficient (Wildman–Crippen LogP) is 3.20. The number of hydrogen-bond acceptors (Lipinski definition) is 2. The first-order valence-corrected chi connectivity index (χ1v) is 7.13. The minimum Gasteiger partial charge on any atom is -0.490 e. The van der Waals surface area contributed by atoms with E-state index in [0.717, 1.165) is 36.0 Å². The summed E-state index contributed by atoms with van der Waals surface area (Å²) in [7, 11) is 0. The summed E-state index contributed by atoms with van der Waals surface area (Å²) in [5, 5.41) is 0. The summed E-state index contributed by atoms with van der Waals surface area (Å²) in [6, 6.07) is 8.00.